The first kappa shape index (κ1) is 22.6. The van der Waals surface area contributed by atoms with E-state index in [2.05, 4.69) is 38.2 Å². The molecule has 3 aromatic rings. The van der Waals surface area contributed by atoms with Gasteiger partial charge in [0.15, 0.2) is 0 Å². The van der Waals surface area contributed by atoms with Gasteiger partial charge in [-0.05, 0) is 53.8 Å². The zero-order valence-electron chi connectivity index (χ0n) is 18.1. The van der Waals surface area contributed by atoms with Crippen molar-refractivity contribution >= 4 is 28.9 Å². The first-order valence-electron chi connectivity index (χ1n) is 10.7. The van der Waals surface area contributed by atoms with Crippen molar-refractivity contribution in [2.24, 2.45) is 5.92 Å². The summed E-state index contributed by atoms with van der Waals surface area (Å²) in [5.41, 5.74) is 3.51. The molecule has 9 heteroatoms. The maximum atomic E-state index is 12.9. The summed E-state index contributed by atoms with van der Waals surface area (Å²) in [5.74, 6) is 0.0160. The van der Waals surface area contributed by atoms with Crippen LogP contribution in [0.1, 0.15) is 35.8 Å². The Morgan fingerprint density at radius 2 is 2.18 bits per heavy atom. The highest BCUT2D eigenvalue weighted by Crippen LogP contribution is 2.38. The van der Waals surface area contributed by atoms with Crippen molar-refractivity contribution in [2.45, 2.75) is 25.8 Å². The standard InChI is InChI=1S/C24H23ClN6O2/c1-2-15-9-18(14-32)31(13-15)22-10-16(19-12-27-7-5-17(19)11-26)3-4-20(22)29-23(33)21-6-8-28-24(25)30-21/h3-8,10,12,15,18,32H,2,9,13-14H2,1H3,(H,29,33). The lowest BCUT2D eigenvalue weighted by Gasteiger charge is -2.28. The number of carbonyl (C=O) groups is 1. The highest BCUT2D eigenvalue weighted by Gasteiger charge is 2.32. The third-order valence-electron chi connectivity index (χ3n) is 5.96. The lowest BCUT2D eigenvalue weighted by molar-refractivity contribution is 0.102. The van der Waals surface area contributed by atoms with E-state index in [9.17, 15) is 15.2 Å². The minimum Gasteiger partial charge on any atom is -0.394 e. The van der Waals surface area contributed by atoms with E-state index in [-0.39, 0.29) is 23.6 Å². The number of aliphatic hydroxyl groups excluding tert-OH is 1. The Morgan fingerprint density at radius 3 is 2.91 bits per heavy atom. The quantitative estimate of drug-likeness (QED) is 0.533. The number of nitriles is 1. The van der Waals surface area contributed by atoms with E-state index < -0.39 is 5.91 Å². The van der Waals surface area contributed by atoms with Gasteiger partial charge in [-0.25, -0.2) is 9.97 Å². The van der Waals surface area contributed by atoms with Crippen molar-refractivity contribution in [1.82, 2.24) is 15.0 Å². The van der Waals surface area contributed by atoms with Gasteiger partial charge in [0.2, 0.25) is 5.28 Å². The number of aromatic nitrogens is 3. The Hall–Kier alpha value is -3.54. The lowest BCUT2D eigenvalue weighted by Crippen LogP contribution is -2.33. The number of amides is 1. The van der Waals surface area contributed by atoms with Crippen LogP contribution in [-0.2, 0) is 0 Å². The number of anilines is 2. The number of hydrogen-bond donors (Lipinski definition) is 2. The SMILES string of the molecule is CCC1CC(CO)N(c2cc(-c3cnccc3C#N)ccc2NC(=O)c2ccnc(Cl)n2)C1. The molecule has 1 amide bonds. The van der Waals surface area contributed by atoms with Crippen molar-refractivity contribution in [1.29, 1.82) is 5.26 Å². The van der Waals surface area contributed by atoms with Gasteiger partial charge in [0.25, 0.3) is 5.91 Å². The van der Waals surface area contributed by atoms with E-state index in [0.717, 1.165) is 30.6 Å². The average molecular weight is 463 g/mol. The third kappa shape index (κ3) is 4.80. The summed E-state index contributed by atoms with van der Waals surface area (Å²) in [6.07, 6.45) is 6.52. The topological polar surface area (TPSA) is 115 Å². The van der Waals surface area contributed by atoms with E-state index in [1.807, 2.05) is 12.1 Å². The zero-order valence-corrected chi connectivity index (χ0v) is 18.8. The Kier molecular flexibility index (Phi) is 6.82. The first-order valence-corrected chi connectivity index (χ1v) is 11.1. The fourth-order valence-corrected chi connectivity index (χ4v) is 4.34. The number of nitrogens with zero attached hydrogens (tertiary/aromatic N) is 5. The van der Waals surface area contributed by atoms with Crippen molar-refractivity contribution in [3.05, 3.63) is 65.5 Å². The molecule has 2 atom stereocenters. The summed E-state index contributed by atoms with van der Waals surface area (Å²) in [6, 6.07) is 10.9. The summed E-state index contributed by atoms with van der Waals surface area (Å²) in [7, 11) is 0. The van der Waals surface area contributed by atoms with E-state index in [1.54, 1.807) is 24.5 Å². The van der Waals surface area contributed by atoms with Crippen LogP contribution in [0.2, 0.25) is 5.28 Å². The predicted molar refractivity (Wildman–Crippen MR) is 126 cm³/mol. The molecule has 33 heavy (non-hydrogen) atoms. The van der Waals surface area contributed by atoms with Crippen LogP contribution >= 0.6 is 11.6 Å². The fraction of sp³-hybridized carbons (Fsp3) is 0.292. The van der Waals surface area contributed by atoms with Crippen molar-refractivity contribution < 1.29 is 9.90 Å². The number of benzene rings is 1. The Balaban J connectivity index is 1.77. The molecule has 0 aliphatic carbocycles. The highest BCUT2D eigenvalue weighted by molar-refractivity contribution is 6.28. The van der Waals surface area contributed by atoms with E-state index in [1.165, 1.54) is 12.3 Å². The van der Waals surface area contributed by atoms with Gasteiger partial charge in [-0.1, -0.05) is 19.4 Å². The molecule has 0 saturated carbocycles. The van der Waals surface area contributed by atoms with Crippen molar-refractivity contribution in [2.75, 3.05) is 23.4 Å². The lowest BCUT2D eigenvalue weighted by atomic mass is 10.0. The van der Waals surface area contributed by atoms with Crippen molar-refractivity contribution in [3.63, 3.8) is 0 Å². The second-order valence-electron chi connectivity index (χ2n) is 7.93. The molecule has 1 aliphatic heterocycles. The summed E-state index contributed by atoms with van der Waals surface area (Å²) >= 11 is 5.84. The number of nitrogens with one attached hydrogen (secondary N) is 1. The molecule has 0 radical (unpaired) electrons. The third-order valence-corrected chi connectivity index (χ3v) is 6.14. The second kappa shape index (κ2) is 9.94. The molecule has 2 unspecified atom stereocenters. The molecule has 1 aliphatic rings. The van der Waals surface area contributed by atoms with Gasteiger partial charge >= 0.3 is 0 Å². The fourth-order valence-electron chi connectivity index (χ4n) is 4.19. The van der Waals surface area contributed by atoms with E-state index in [0.29, 0.717) is 22.7 Å². The van der Waals surface area contributed by atoms with Crippen LogP contribution in [0, 0.1) is 17.2 Å². The summed E-state index contributed by atoms with van der Waals surface area (Å²) in [4.78, 5) is 27.0. The Morgan fingerprint density at radius 1 is 1.33 bits per heavy atom. The van der Waals surface area contributed by atoms with Crippen LogP contribution in [0.4, 0.5) is 11.4 Å². The number of pyridine rings is 1. The average Bonchev–Trinajstić information content (AvgIpc) is 3.27. The van der Waals surface area contributed by atoms with Gasteiger partial charge in [-0.2, -0.15) is 5.26 Å². The molecule has 1 fully saturated rings. The Bertz CT molecular complexity index is 1210. The van der Waals surface area contributed by atoms with Crippen LogP contribution in [0.25, 0.3) is 11.1 Å². The molecule has 2 N–H and O–H groups in total. The molecule has 8 nitrogen and oxygen atoms in total. The molecule has 4 rings (SSSR count). The molecule has 3 heterocycles. The highest BCUT2D eigenvalue weighted by atomic mass is 35.5. The number of halogens is 1. The number of rotatable bonds is 6. The van der Waals surface area contributed by atoms with Gasteiger partial charge in [-0.3, -0.25) is 9.78 Å². The summed E-state index contributed by atoms with van der Waals surface area (Å²) in [5, 5.41) is 22.5. The van der Waals surface area contributed by atoms with Crippen LogP contribution in [0.3, 0.4) is 0 Å². The molecular weight excluding hydrogens is 440 g/mol. The molecule has 1 aromatic carbocycles. The minimum atomic E-state index is -0.417. The van der Waals surface area contributed by atoms with Crippen LogP contribution in [0.15, 0.2) is 48.9 Å². The number of aliphatic hydroxyl groups is 1. The molecule has 0 spiro atoms. The largest absolute Gasteiger partial charge is 0.394 e. The Labute approximate surface area is 196 Å². The molecule has 2 aromatic heterocycles. The van der Waals surface area contributed by atoms with E-state index >= 15 is 0 Å². The van der Waals surface area contributed by atoms with Gasteiger partial charge in [0, 0.05) is 30.7 Å². The molecule has 0 bridgehead atoms. The van der Waals surface area contributed by atoms with Crippen LogP contribution in [-0.4, -0.2) is 45.2 Å². The zero-order chi connectivity index (χ0) is 23.4. The molecule has 1 saturated heterocycles. The van der Waals surface area contributed by atoms with Gasteiger partial charge < -0.3 is 15.3 Å². The molecular formula is C24H23ClN6O2. The van der Waals surface area contributed by atoms with Gasteiger partial charge in [0.05, 0.1) is 35.7 Å². The number of carbonyl (C=O) groups excluding carboxylic acids is 1. The second-order valence-corrected chi connectivity index (χ2v) is 8.27. The summed E-state index contributed by atoms with van der Waals surface area (Å²) < 4.78 is 0. The minimum absolute atomic E-state index is 0.00592. The molecule has 168 valence electrons. The van der Waals surface area contributed by atoms with Crippen molar-refractivity contribution in [3.8, 4) is 17.2 Å². The maximum absolute atomic E-state index is 12.9. The van der Waals surface area contributed by atoms with Crippen LogP contribution in [0.5, 0.6) is 0 Å². The monoisotopic (exact) mass is 462 g/mol. The van der Waals surface area contributed by atoms with E-state index in [4.69, 9.17) is 11.6 Å². The normalized spacial score (nSPS) is 17.6. The first-order chi connectivity index (χ1) is 16.0. The number of hydrogen-bond acceptors (Lipinski definition) is 7. The maximum Gasteiger partial charge on any atom is 0.274 e. The van der Waals surface area contributed by atoms with Crippen LogP contribution < -0.4 is 10.2 Å². The summed E-state index contributed by atoms with van der Waals surface area (Å²) in [6.45, 7) is 2.90. The smallest absolute Gasteiger partial charge is 0.274 e. The van der Waals surface area contributed by atoms with Gasteiger partial charge in [-0.15, -0.1) is 0 Å². The van der Waals surface area contributed by atoms with Gasteiger partial charge in [0.1, 0.15) is 5.69 Å². The predicted octanol–water partition coefficient (Wildman–Crippen LogP) is 3.91.